The smallest absolute Gasteiger partial charge is 0.417 e. The highest BCUT2D eigenvalue weighted by Crippen LogP contribution is 2.30. The molecule has 35 heavy (non-hydrogen) atoms. The maximum Gasteiger partial charge on any atom is 0.417 e. The Morgan fingerprint density at radius 3 is 2.57 bits per heavy atom. The second-order valence-corrected chi connectivity index (χ2v) is 8.08. The van der Waals surface area contributed by atoms with Gasteiger partial charge in [-0.25, -0.2) is 14.4 Å². The average Bonchev–Trinajstić information content (AvgIpc) is 2.82. The lowest BCUT2D eigenvalue weighted by atomic mass is 10.0. The second kappa shape index (κ2) is 10.9. The number of carbonyl (C=O) groups excluding carboxylic acids is 1. The van der Waals surface area contributed by atoms with Crippen LogP contribution in [0, 0.1) is 5.82 Å². The Morgan fingerprint density at radius 1 is 1.23 bits per heavy atom. The van der Waals surface area contributed by atoms with Crippen molar-refractivity contribution in [2.45, 2.75) is 52.4 Å². The Labute approximate surface area is 201 Å². The average molecular weight is 494 g/mol. The molecule has 0 fully saturated rings. The van der Waals surface area contributed by atoms with Crippen LogP contribution < -0.4 is 4.74 Å². The third-order valence-corrected chi connectivity index (χ3v) is 5.51. The van der Waals surface area contributed by atoms with E-state index in [1.54, 1.807) is 26.8 Å². The van der Waals surface area contributed by atoms with Crippen molar-refractivity contribution in [1.82, 2.24) is 9.88 Å². The number of aromatic nitrogens is 1. The van der Waals surface area contributed by atoms with Crippen molar-refractivity contribution in [1.29, 1.82) is 0 Å². The number of nitrogens with zero attached hydrogens (tertiary/aromatic N) is 3. The molecule has 6 nitrogen and oxygen atoms in total. The topological polar surface area (TPSA) is 64.0 Å². The van der Waals surface area contributed by atoms with Crippen LogP contribution in [0.3, 0.4) is 0 Å². The minimum absolute atomic E-state index is 0.00264. The molecular formula is C25H27F4N3O3. The molecule has 1 aliphatic rings. The summed E-state index contributed by atoms with van der Waals surface area (Å²) in [6.45, 7) is 7.51. The lowest BCUT2D eigenvalue weighted by molar-refractivity contribution is -0.137. The number of aliphatic imine (C=N–C) groups is 1. The quantitative estimate of drug-likeness (QED) is 0.440. The summed E-state index contributed by atoms with van der Waals surface area (Å²) in [5.74, 6) is -0.0769. The van der Waals surface area contributed by atoms with Gasteiger partial charge in [0.05, 0.1) is 23.2 Å². The number of halogens is 4. The van der Waals surface area contributed by atoms with Crippen LogP contribution in [0.4, 0.5) is 17.6 Å². The van der Waals surface area contributed by atoms with Crippen molar-refractivity contribution in [2.24, 2.45) is 4.99 Å². The number of benzene rings is 1. The minimum atomic E-state index is -4.49. The van der Waals surface area contributed by atoms with Crippen LogP contribution >= 0.6 is 0 Å². The summed E-state index contributed by atoms with van der Waals surface area (Å²) in [6, 6.07) is 5.29. The monoisotopic (exact) mass is 493 g/mol. The Kier molecular flexibility index (Phi) is 8.14. The van der Waals surface area contributed by atoms with Gasteiger partial charge in [0.1, 0.15) is 18.2 Å². The first-order valence-electron chi connectivity index (χ1n) is 11.2. The van der Waals surface area contributed by atoms with Gasteiger partial charge in [-0.2, -0.15) is 13.2 Å². The number of amides is 1. The predicted molar refractivity (Wildman–Crippen MR) is 124 cm³/mol. The standard InChI is InChI=1S/C25H27F4N3O3/c1-5-19-12-22(35-16(4)31-19)21-11-18(26)8-9-20(21)24(33)32(6-2)15(3)14-34-23-10-7-17(13-30-23)25(27,28)29/h7-13,15,19H,5-6,14H2,1-4H3. The van der Waals surface area contributed by atoms with Crippen LogP contribution in [0.2, 0.25) is 0 Å². The molecule has 2 aromatic rings. The van der Waals surface area contributed by atoms with Crippen LogP contribution in [-0.4, -0.2) is 46.9 Å². The number of carbonyl (C=O) groups is 1. The molecule has 2 heterocycles. The molecule has 0 saturated carbocycles. The van der Waals surface area contributed by atoms with E-state index in [0.29, 0.717) is 30.0 Å². The number of hydrogen-bond donors (Lipinski definition) is 0. The van der Waals surface area contributed by atoms with Crippen LogP contribution in [0.1, 0.15) is 55.6 Å². The van der Waals surface area contributed by atoms with Gasteiger partial charge >= 0.3 is 6.18 Å². The van der Waals surface area contributed by atoms with Gasteiger partial charge in [-0.15, -0.1) is 0 Å². The molecule has 10 heteroatoms. The normalized spacial score (nSPS) is 16.6. The highest BCUT2D eigenvalue weighted by atomic mass is 19.4. The SMILES string of the molecule is CCC1C=C(c2cc(F)ccc2C(=O)N(CC)C(C)COc2ccc(C(F)(F)F)cn2)OC(C)=N1. The number of rotatable bonds is 8. The summed E-state index contributed by atoms with van der Waals surface area (Å²) in [7, 11) is 0. The number of alkyl halides is 3. The fraction of sp³-hybridized carbons (Fsp3) is 0.400. The molecule has 2 unspecified atom stereocenters. The minimum Gasteiger partial charge on any atom is -0.475 e. The Morgan fingerprint density at radius 2 is 1.97 bits per heavy atom. The maximum atomic E-state index is 14.2. The van der Waals surface area contributed by atoms with Crippen LogP contribution in [-0.2, 0) is 10.9 Å². The number of pyridine rings is 1. The molecule has 0 aliphatic carbocycles. The van der Waals surface area contributed by atoms with Gasteiger partial charge in [0.2, 0.25) is 5.88 Å². The molecule has 1 aromatic heterocycles. The molecule has 0 saturated heterocycles. The van der Waals surface area contributed by atoms with E-state index in [0.717, 1.165) is 18.6 Å². The number of ether oxygens (including phenoxy) is 2. The third kappa shape index (κ3) is 6.37. The van der Waals surface area contributed by atoms with E-state index in [9.17, 15) is 22.4 Å². The molecule has 188 valence electrons. The lowest BCUT2D eigenvalue weighted by Crippen LogP contribution is -2.42. The number of hydrogen-bond acceptors (Lipinski definition) is 5. The molecule has 1 amide bonds. The fourth-order valence-electron chi connectivity index (χ4n) is 3.67. The van der Waals surface area contributed by atoms with Crippen molar-refractivity contribution in [3.05, 3.63) is 65.1 Å². The van der Waals surface area contributed by atoms with Crippen LogP contribution in [0.5, 0.6) is 5.88 Å². The molecule has 1 aromatic carbocycles. The molecule has 0 N–H and O–H groups in total. The third-order valence-electron chi connectivity index (χ3n) is 5.51. The summed E-state index contributed by atoms with van der Waals surface area (Å²) in [5, 5.41) is 0. The van der Waals surface area contributed by atoms with Gasteiger partial charge in [-0.05, 0) is 50.6 Å². The Bertz CT molecular complexity index is 1110. The van der Waals surface area contributed by atoms with Crippen LogP contribution in [0.15, 0.2) is 47.6 Å². The predicted octanol–water partition coefficient (Wildman–Crippen LogP) is 5.74. The van der Waals surface area contributed by atoms with Gasteiger partial charge in [-0.3, -0.25) is 4.79 Å². The van der Waals surface area contributed by atoms with Crippen molar-refractivity contribution in [3.8, 4) is 5.88 Å². The summed E-state index contributed by atoms with van der Waals surface area (Å²) >= 11 is 0. The van der Waals surface area contributed by atoms with E-state index in [2.05, 4.69) is 9.98 Å². The Balaban J connectivity index is 1.79. The molecule has 0 radical (unpaired) electrons. The van der Waals surface area contributed by atoms with Crippen molar-refractivity contribution < 1.29 is 31.8 Å². The van der Waals surface area contributed by atoms with E-state index in [-0.39, 0.29) is 30.0 Å². The largest absolute Gasteiger partial charge is 0.475 e. The fourth-order valence-corrected chi connectivity index (χ4v) is 3.67. The summed E-state index contributed by atoms with van der Waals surface area (Å²) in [6.07, 6.45) is -1.32. The zero-order valence-electron chi connectivity index (χ0n) is 19.9. The summed E-state index contributed by atoms with van der Waals surface area (Å²) in [5.41, 5.74) is -0.306. The molecular weight excluding hydrogens is 466 g/mol. The van der Waals surface area contributed by atoms with Gasteiger partial charge in [0, 0.05) is 31.3 Å². The summed E-state index contributed by atoms with van der Waals surface area (Å²) in [4.78, 5) is 23.1. The molecule has 1 aliphatic heterocycles. The lowest BCUT2D eigenvalue weighted by Gasteiger charge is -2.29. The zero-order chi connectivity index (χ0) is 25.8. The van der Waals surface area contributed by atoms with Crippen molar-refractivity contribution in [3.63, 3.8) is 0 Å². The van der Waals surface area contributed by atoms with Crippen molar-refractivity contribution >= 4 is 17.6 Å². The van der Waals surface area contributed by atoms with Gasteiger partial charge < -0.3 is 14.4 Å². The highest BCUT2D eigenvalue weighted by molar-refractivity contribution is 6.00. The van der Waals surface area contributed by atoms with E-state index >= 15 is 0 Å². The first kappa shape index (κ1) is 26.2. The molecule has 0 bridgehead atoms. The zero-order valence-corrected chi connectivity index (χ0v) is 19.9. The van der Waals surface area contributed by atoms with E-state index in [1.165, 1.54) is 23.1 Å². The van der Waals surface area contributed by atoms with Crippen molar-refractivity contribution in [2.75, 3.05) is 13.2 Å². The first-order chi connectivity index (χ1) is 16.5. The molecule has 0 spiro atoms. The second-order valence-electron chi connectivity index (χ2n) is 8.08. The van der Waals surface area contributed by atoms with E-state index in [1.807, 2.05) is 6.92 Å². The van der Waals surface area contributed by atoms with Gasteiger partial charge in [-0.1, -0.05) is 6.92 Å². The Hall–Kier alpha value is -3.43. The molecule has 2 atom stereocenters. The molecule has 3 rings (SSSR count). The maximum absolute atomic E-state index is 14.2. The van der Waals surface area contributed by atoms with Gasteiger partial charge in [0.15, 0.2) is 5.90 Å². The van der Waals surface area contributed by atoms with E-state index in [4.69, 9.17) is 9.47 Å². The van der Waals surface area contributed by atoms with Crippen LogP contribution in [0.25, 0.3) is 5.76 Å². The highest BCUT2D eigenvalue weighted by Gasteiger charge is 2.31. The van der Waals surface area contributed by atoms with Gasteiger partial charge in [0.25, 0.3) is 5.91 Å². The number of likely N-dealkylation sites (N-methyl/N-ethyl adjacent to an activating group) is 1. The first-order valence-corrected chi connectivity index (χ1v) is 11.2. The van der Waals surface area contributed by atoms with E-state index < -0.39 is 23.6 Å². The summed E-state index contributed by atoms with van der Waals surface area (Å²) < 4.78 is 63.6.